The minimum Gasteiger partial charge on any atom is -0.370 e. The molecule has 106 valence electrons. The summed E-state index contributed by atoms with van der Waals surface area (Å²) in [5.74, 6) is 0.457. The van der Waals surface area contributed by atoms with Gasteiger partial charge >= 0.3 is 0 Å². The van der Waals surface area contributed by atoms with E-state index in [1.165, 1.54) is 5.56 Å². The number of aryl methyl sites for hydroxylation is 2. The van der Waals surface area contributed by atoms with Crippen LogP contribution in [-0.4, -0.2) is 22.3 Å². The number of nitrogens with one attached hydrogen (secondary N) is 1. The minimum absolute atomic E-state index is 0.457. The minimum atomic E-state index is 0.457. The number of rotatable bonds is 6. The molecule has 0 atom stereocenters. The van der Waals surface area contributed by atoms with Crippen LogP contribution in [0.15, 0.2) is 47.7 Å². The first-order chi connectivity index (χ1) is 9.78. The average molecular weight is 271 g/mol. The van der Waals surface area contributed by atoms with E-state index in [1.54, 1.807) is 6.20 Å². The highest BCUT2D eigenvalue weighted by atomic mass is 15.3. The Morgan fingerprint density at radius 1 is 1.40 bits per heavy atom. The molecule has 0 aliphatic heterocycles. The fourth-order valence-corrected chi connectivity index (χ4v) is 1.92. The van der Waals surface area contributed by atoms with Crippen molar-refractivity contribution >= 4 is 11.6 Å². The highest BCUT2D eigenvalue weighted by molar-refractivity contribution is 5.92. The first-order valence-corrected chi connectivity index (χ1v) is 6.91. The summed E-state index contributed by atoms with van der Waals surface area (Å²) in [5.41, 5.74) is 8.14. The molecule has 5 heteroatoms. The molecule has 1 heterocycles. The van der Waals surface area contributed by atoms with Gasteiger partial charge in [-0.3, -0.25) is 9.67 Å². The van der Waals surface area contributed by atoms with Crippen LogP contribution in [0.5, 0.6) is 0 Å². The normalized spacial score (nSPS) is 11.6. The first kappa shape index (κ1) is 14.1. The maximum Gasteiger partial charge on any atom is 0.193 e. The summed E-state index contributed by atoms with van der Waals surface area (Å²) in [4.78, 5) is 4.32. The molecule has 0 radical (unpaired) electrons. The van der Waals surface area contributed by atoms with Gasteiger partial charge < -0.3 is 11.1 Å². The highest BCUT2D eigenvalue weighted by Crippen LogP contribution is 2.10. The molecule has 0 fully saturated rings. The summed E-state index contributed by atoms with van der Waals surface area (Å²) < 4.78 is 1.89. The van der Waals surface area contributed by atoms with E-state index in [1.807, 2.05) is 29.1 Å². The van der Waals surface area contributed by atoms with Crippen molar-refractivity contribution in [1.82, 2.24) is 9.78 Å². The van der Waals surface area contributed by atoms with E-state index in [-0.39, 0.29) is 0 Å². The molecular weight excluding hydrogens is 250 g/mol. The van der Waals surface area contributed by atoms with Gasteiger partial charge in [0.05, 0.1) is 0 Å². The predicted molar refractivity (Wildman–Crippen MR) is 82.8 cm³/mol. The average Bonchev–Trinajstić information content (AvgIpc) is 2.97. The molecule has 0 bridgehead atoms. The van der Waals surface area contributed by atoms with Crippen molar-refractivity contribution < 1.29 is 0 Å². The fourth-order valence-electron chi connectivity index (χ4n) is 1.92. The third kappa shape index (κ3) is 4.42. The summed E-state index contributed by atoms with van der Waals surface area (Å²) in [6.07, 6.45) is 5.65. The molecule has 2 rings (SSSR count). The maximum atomic E-state index is 5.87. The fraction of sp³-hybridized carbons (Fsp3) is 0.333. The molecule has 0 amide bonds. The molecule has 0 aliphatic carbocycles. The molecule has 2 aromatic rings. The smallest absolute Gasteiger partial charge is 0.193 e. The number of benzene rings is 1. The van der Waals surface area contributed by atoms with Crippen molar-refractivity contribution in [2.75, 3.05) is 11.9 Å². The van der Waals surface area contributed by atoms with Crippen molar-refractivity contribution in [2.24, 2.45) is 10.7 Å². The lowest BCUT2D eigenvalue weighted by atomic mass is 10.1. The van der Waals surface area contributed by atoms with Gasteiger partial charge in [0.25, 0.3) is 0 Å². The summed E-state index contributed by atoms with van der Waals surface area (Å²) in [6.45, 7) is 3.67. The molecule has 0 aliphatic rings. The van der Waals surface area contributed by atoms with Crippen LogP contribution in [-0.2, 0) is 13.0 Å². The van der Waals surface area contributed by atoms with E-state index >= 15 is 0 Å². The second kappa shape index (κ2) is 7.33. The number of aliphatic imine (C=N–C) groups is 1. The lowest BCUT2D eigenvalue weighted by molar-refractivity contribution is 0.585. The van der Waals surface area contributed by atoms with Crippen LogP contribution in [0.3, 0.4) is 0 Å². The second-order valence-corrected chi connectivity index (χ2v) is 4.57. The van der Waals surface area contributed by atoms with Gasteiger partial charge in [0, 0.05) is 31.2 Å². The van der Waals surface area contributed by atoms with Crippen LogP contribution in [0.2, 0.25) is 0 Å². The van der Waals surface area contributed by atoms with Crippen molar-refractivity contribution in [1.29, 1.82) is 0 Å². The summed E-state index contributed by atoms with van der Waals surface area (Å²) >= 11 is 0. The van der Waals surface area contributed by atoms with Crippen LogP contribution in [0.4, 0.5) is 5.69 Å². The van der Waals surface area contributed by atoms with Gasteiger partial charge in [0.2, 0.25) is 0 Å². The molecular formula is C15H21N5. The number of nitrogens with zero attached hydrogens (tertiary/aromatic N) is 3. The third-order valence-electron chi connectivity index (χ3n) is 2.99. The Morgan fingerprint density at radius 3 is 3.05 bits per heavy atom. The first-order valence-electron chi connectivity index (χ1n) is 6.91. The SMILES string of the molecule is CCc1cccc(NC(N)=NCCCn2cccn2)c1. The van der Waals surface area contributed by atoms with Gasteiger partial charge in [-0.1, -0.05) is 19.1 Å². The summed E-state index contributed by atoms with van der Waals surface area (Å²) in [7, 11) is 0. The van der Waals surface area contributed by atoms with Gasteiger partial charge in [-0.25, -0.2) is 0 Å². The number of guanidine groups is 1. The predicted octanol–water partition coefficient (Wildman–Crippen LogP) is 2.26. The molecule has 1 aromatic heterocycles. The van der Waals surface area contributed by atoms with E-state index in [0.29, 0.717) is 12.5 Å². The number of hydrogen-bond donors (Lipinski definition) is 2. The Morgan fingerprint density at radius 2 is 2.30 bits per heavy atom. The Kier molecular flexibility index (Phi) is 5.17. The van der Waals surface area contributed by atoms with Gasteiger partial charge in [-0.15, -0.1) is 0 Å². The van der Waals surface area contributed by atoms with Gasteiger partial charge in [-0.2, -0.15) is 5.10 Å². The third-order valence-corrected chi connectivity index (χ3v) is 2.99. The van der Waals surface area contributed by atoms with Crippen LogP contribution in [0.1, 0.15) is 18.9 Å². The standard InChI is InChI=1S/C15H21N5/c1-2-13-6-3-7-14(12-13)19-15(16)17-8-4-10-20-11-5-9-18-20/h3,5-7,9,11-12H,2,4,8,10H2,1H3,(H3,16,17,19). The number of anilines is 1. The van der Waals surface area contributed by atoms with Gasteiger partial charge in [0.1, 0.15) is 0 Å². The van der Waals surface area contributed by atoms with E-state index in [2.05, 4.69) is 34.5 Å². The largest absolute Gasteiger partial charge is 0.370 e. The Bertz CT molecular complexity index is 545. The Balaban J connectivity index is 1.78. The molecule has 0 saturated carbocycles. The van der Waals surface area contributed by atoms with Crippen molar-refractivity contribution in [2.45, 2.75) is 26.3 Å². The van der Waals surface area contributed by atoms with E-state index in [0.717, 1.165) is 25.1 Å². The number of hydrogen-bond acceptors (Lipinski definition) is 2. The van der Waals surface area contributed by atoms with Crippen LogP contribution >= 0.6 is 0 Å². The van der Waals surface area contributed by atoms with Crippen molar-refractivity contribution in [3.63, 3.8) is 0 Å². The summed E-state index contributed by atoms with van der Waals surface area (Å²) in [5, 5.41) is 7.26. The van der Waals surface area contributed by atoms with Crippen LogP contribution < -0.4 is 11.1 Å². The zero-order valence-corrected chi connectivity index (χ0v) is 11.8. The zero-order chi connectivity index (χ0) is 14.2. The molecule has 1 aromatic carbocycles. The van der Waals surface area contributed by atoms with E-state index < -0.39 is 0 Å². The lowest BCUT2D eigenvalue weighted by Crippen LogP contribution is -2.23. The van der Waals surface area contributed by atoms with Crippen molar-refractivity contribution in [3.8, 4) is 0 Å². The van der Waals surface area contributed by atoms with Crippen LogP contribution in [0.25, 0.3) is 0 Å². The Hall–Kier alpha value is -2.30. The monoisotopic (exact) mass is 271 g/mol. The summed E-state index contributed by atoms with van der Waals surface area (Å²) in [6, 6.07) is 10.1. The Labute approximate surface area is 119 Å². The molecule has 3 N–H and O–H groups in total. The molecule has 0 unspecified atom stereocenters. The zero-order valence-electron chi connectivity index (χ0n) is 11.8. The lowest BCUT2D eigenvalue weighted by Gasteiger charge is -2.07. The maximum absolute atomic E-state index is 5.87. The highest BCUT2D eigenvalue weighted by Gasteiger charge is 1.96. The quantitative estimate of drug-likeness (QED) is 0.481. The van der Waals surface area contributed by atoms with Gasteiger partial charge in [-0.05, 0) is 36.6 Å². The molecule has 0 saturated heterocycles. The van der Waals surface area contributed by atoms with E-state index in [9.17, 15) is 0 Å². The second-order valence-electron chi connectivity index (χ2n) is 4.57. The van der Waals surface area contributed by atoms with Crippen molar-refractivity contribution in [3.05, 3.63) is 48.3 Å². The number of nitrogens with two attached hydrogens (primary N) is 1. The number of aromatic nitrogens is 2. The topological polar surface area (TPSA) is 68.2 Å². The van der Waals surface area contributed by atoms with E-state index in [4.69, 9.17) is 5.73 Å². The van der Waals surface area contributed by atoms with Crippen LogP contribution in [0, 0.1) is 0 Å². The molecule has 0 spiro atoms. The molecule has 20 heavy (non-hydrogen) atoms. The van der Waals surface area contributed by atoms with Gasteiger partial charge in [0.15, 0.2) is 5.96 Å². The molecule has 5 nitrogen and oxygen atoms in total.